The van der Waals surface area contributed by atoms with Crippen LogP contribution >= 0.6 is 0 Å². The molecule has 156 valence electrons. The van der Waals surface area contributed by atoms with E-state index in [2.05, 4.69) is 32.8 Å². The van der Waals surface area contributed by atoms with Crippen molar-refractivity contribution in [3.63, 3.8) is 0 Å². The van der Waals surface area contributed by atoms with Gasteiger partial charge in [-0.1, -0.05) is 6.07 Å². The number of nitrogens with zero attached hydrogens (tertiary/aromatic N) is 3. The molecule has 29 heavy (non-hydrogen) atoms. The van der Waals surface area contributed by atoms with Crippen LogP contribution in [0, 0.1) is 0 Å². The van der Waals surface area contributed by atoms with E-state index < -0.39 is 12.7 Å². The molecule has 1 aliphatic heterocycles. The zero-order valence-electron chi connectivity index (χ0n) is 16.5. The third-order valence-corrected chi connectivity index (χ3v) is 5.47. The number of aromatic amines is 1. The number of anilines is 2. The minimum Gasteiger partial charge on any atom is -0.382 e. The summed E-state index contributed by atoms with van der Waals surface area (Å²) in [6.45, 7) is 0.960. The molecule has 1 aromatic carbocycles. The Labute approximate surface area is 167 Å². The minimum absolute atomic E-state index is 0.314. The minimum atomic E-state index is -4.33. The number of alkyl halides is 3. The summed E-state index contributed by atoms with van der Waals surface area (Å²) >= 11 is 0. The highest BCUT2D eigenvalue weighted by Gasteiger charge is 2.31. The summed E-state index contributed by atoms with van der Waals surface area (Å²) in [7, 11) is 3.82. The van der Waals surface area contributed by atoms with Gasteiger partial charge in [0.25, 0.3) is 0 Å². The molecule has 0 spiro atoms. The molecule has 4 rings (SSSR count). The van der Waals surface area contributed by atoms with E-state index in [1.807, 2.05) is 18.2 Å². The highest BCUT2D eigenvalue weighted by atomic mass is 19.4. The quantitative estimate of drug-likeness (QED) is 0.596. The Balaban J connectivity index is 1.76. The molecule has 9 heteroatoms. The molecule has 6 nitrogen and oxygen atoms in total. The molecule has 1 saturated heterocycles. The van der Waals surface area contributed by atoms with Crippen molar-refractivity contribution in [3.8, 4) is 11.4 Å². The average Bonchev–Trinajstić information content (AvgIpc) is 3.28. The molecule has 0 atom stereocenters. The van der Waals surface area contributed by atoms with E-state index in [9.17, 15) is 13.2 Å². The van der Waals surface area contributed by atoms with Gasteiger partial charge in [0.1, 0.15) is 12.4 Å². The zero-order valence-corrected chi connectivity index (χ0v) is 16.5. The number of nitrogens with one attached hydrogen (secondary N) is 3. The van der Waals surface area contributed by atoms with Crippen molar-refractivity contribution in [2.24, 2.45) is 0 Å². The number of hydrogen-bond acceptors (Lipinski definition) is 4. The van der Waals surface area contributed by atoms with Crippen LogP contribution in [-0.4, -0.2) is 59.1 Å². The summed E-state index contributed by atoms with van der Waals surface area (Å²) in [5.74, 6) is 0.577. The van der Waals surface area contributed by atoms with Crippen LogP contribution in [0.3, 0.4) is 0 Å². The van der Waals surface area contributed by atoms with Crippen LogP contribution < -0.4 is 10.6 Å². The predicted molar refractivity (Wildman–Crippen MR) is 109 cm³/mol. The van der Waals surface area contributed by atoms with Gasteiger partial charge in [-0.05, 0) is 51.2 Å². The molecular formula is C20H25F3N6. The Kier molecular flexibility index (Phi) is 5.16. The number of halogens is 3. The van der Waals surface area contributed by atoms with Gasteiger partial charge >= 0.3 is 6.18 Å². The standard InChI is InChI=1S/C20H25F3N6/c1-24-19-11-16(26-27-19)18-10-14-15(25-13-6-8-28(2)9-7-13)4-3-5-17(14)29(18)12-20(21,22)23/h3-5,10-11,13,25H,6-9,12H2,1-2H3,(H2,24,26,27). The maximum atomic E-state index is 13.3. The van der Waals surface area contributed by atoms with E-state index in [0.717, 1.165) is 37.0 Å². The lowest BCUT2D eigenvalue weighted by Crippen LogP contribution is -2.36. The van der Waals surface area contributed by atoms with Gasteiger partial charge in [0.2, 0.25) is 0 Å². The number of rotatable bonds is 5. The summed E-state index contributed by atoms with van der Waals surface area (Å²) < 4.78 is 41.3. The van der Waals surface area contributed by atoms with Crippen LogP contribution in [-0.2, 0) is 6.54 Å². The Morgan fingerprint density at radius 1 is 1.21 bits per heavy atom. The van der Waals surface area contributed by atoms with E-state index in [0.29, 0.717) is 28.8 Å². The van der Waals surface area contributed by atoms with E-state index in [1.165, 1.54) is 4.57 Å². The lowest BCUT2D eigenvalue weighted by molar-refractivity contribution is -0.139. The monoisotopic (exact) mass is 406 g/mol. The SMILES string of the molecule is CNc1cc(-c2cc3c(NC4CCN(C)CC4)cccc3n2CC(F)(F)F)[nH]n1. The first-order valence-corrected chi connectivity index (χ1v) is 9.71. The van der Waals surface area contributed by atoms with Gasteiger partial charge in [-0.15, -0.1) is 0 Å². The average molecular weight is 406 g/mol. The number of likely N-dealkylation sites (tertiary alicyclic amines) is 1. The molecular weight excluding hydrogens is 381 g/mol. The van der Waals surface area contributed by atoms with E-state index in [-0.39, 0.29) is 0 Å². The van der Waals surface area contributed by atoms with Gasteiger partial charge in [-0.2, -0.15) is 18.3 Å². The van der Waals surface area contributed by atoms with Gasteiger partial charge in [-0.3, -0.25) is 5.10 Å². The summed E-state index contributed by atoms with van der Waals surface area (Å²) in [6, 6.07) is 9.32. The number of benzene rings is 1. The van der Waals surface area contributed by atoms with E-state index in [4.69, 9.17) is 0 Å². The molecule has 0 bridgehead atoms. The van der Waals surface area contributed by atoms with Gasteiger partial charge in [0.05, 0.1) is 16.9 Å². The second kappa shape index (κ2) is 7.62. The Hall–Kier alpha value is -2.68. The molecule has 3 heterocycles. The normalized spacial score (nSPS) is 16.4. The van der Waals surface area contributed by atoms with Crippen LogP contribution in [0.2, 0.25) is 0 Å². The molecule has 0 aliphatic carbocycles. The van der Waals surface area contributed by atoms with Crippen molar-refractivity contribution in [1.29, 1.82) is 0 Å². The molecule has 0 unspecified atom stereocenters. The highest BCUT2D eigenvalue weighted by molar-refractivity contribution is 5.96. The molecule has 0 radical (unpaired) electrons. The smallest absolute Gasteiger partial charge is 0.382 e. The van der Waals surface area contributed by atoms with Crippen molar-refractivity contribution in [3.05, 3.63) is 30.3 Å². The maximum absolute atomic E-state index is 13.3. The summed E-state index contributed by atoms with van der Waals surface area (Å²) in [6.07, 6.45) is -2.31. The Morgan fingerprint density at radius 3 is 2.62 bits per heavy atom. The van der Waals surface area contributed by atoms with Crippen LogP contribution in [0.4, 0.5) is 24.7 Å². The third-order valence-electron chi connectivity index (χ3n) is 5.47. The van der Waals surface area contributed by atoms with Crippen LogP contribution in [0.15, 0.2) is 30.3 Å². The summed E-state index contributed by atoms with van der Waals surface area (Å²) in [4.78, 5) is 2.29. The maximum Gasteiger partial charge on any atom is 0.406 e. The highest BCUT2D eigenvalue weighted by Crippen LogP contribution is 2.35. The van der Waals surface area contributed by atoms with Gasteiger partial charge < -0.3 is 20.1 Å². The topological polar surface area (TPSA) is 60.9 Å². The fraction of sp³-hybridized carbons (Fsp3) is 0.450. The Bertz CT molecular complexity index is 982. The fourth-order valence-electron chi connectivity index (χ4n) is 3.94. The van der Waals surface area contributed by atoms with Crippen LogP contribution in [0.25, 0.3) is 22.3 Å². The van der Waals surface area contributed by atoms with Crippen LogP contribution in [0.1, 0.15) is 12.8 Å². The van der Waals surface area contributed by atoms with E-state index >= 15 is 0 Å². The molecule has 0 saturated carbocycles. The Morgan fingerprint density at radius 2 is 1.97 bits per heavy atom. The number of H-pyrrole nitrogens is 1. The second-order valence-electron chi connectivity index (χ2n) is 7.61. The lowest BCUT2D eigenvalue weighted by Gasteiger charge is -2.30. The van der Waals surface area contributed by atoms with Crippen molar-refractivity contribution in [2.45, 2.75) is 31.6 Å². The van der Waals surface area contributed by atoms with Crippen LogP contribution in [0.5, 0.6) is 0 Å². The number of hydrogen-bond donors (Lipinski definition) is 3. The molecule has 3 aromatic rings. The first kappa shape index (κ1) is 19.6. The first-order chi connectivity index (χ1) is 13.8. The molecule has 2 aromatic heterocycles. The van der Waals surface area contributed by atoms with Gasteiger partial charge in [-0.25, -0.2) is 0 Å². The van der Waals surface area contributed by atoms with Crippen molar-refractivity contribution in [2.75, 3.05) is 37.8 Å². The number of fused-ring (bicyclic) bond motifs is 1. The third kappa shape index (κ3) is 4.19. The largest absolute Gasteiger partial charge is 0.406 e. The molecule has 1 fully saturated rings. The first-order valence-electron chi connectivity index (χ1n) is 9.71. The molecule has 0 amide bonds. The predicted octanol–water partition coefficient (Wildman–Crippen LogP) is 4.14. The lowest BCUT2D eigenvalue weighted by atomic mass is 10.0. The zero-order chi connectivity index (χ0) is 20.6. The second-order valence-corrected chi connectivity index (χ2v) is 7.61. The summed E-state index contributed by atoms with van der Waals surface area (Å²) in [5.41, 5.74) is 2.42. The van der Waals surface area contributed by atoms with Gasteiger partial charge in [0, 0.05) is 30.2 Å². The molecule has 3 N–H and O–H groups in total. The van der Waals surface area contributed by atoms with Crippen molar-refractivity contribution >= 4 is 22.4 Å². The van der Waals surface area contributed by atoms with Crippen molar-refractivity contribution in [1.82, 2.24) is 19.7 Å². The number of piperidine rings is 1. The fourth-order valence-corrected chi connectivity index (χ4v) is 3.94. The van der Waals surface area contributed by atoms with Gasteiger partial charge in [0.15, 0.2) is 0 Å². The summed E-state index contributed by atoms with van der Waals surface area (Å²) in [5, 5.41) is 14.2. The van der Waals surface area contributed by atoms with E-state index in [1.54, 1.807) is 19.2 Å². The number of aromatic nitrogens is 3. The van der Waals surface area contributed by atoms with Crippen molar-refractivity contribution < 1.29 is 13.2 Å². The molecule has 1 aliphatic rings.